The van der Waals surface area contributed by atoms with Gasteiger partial charge in [-0.15, -0.1) is 0 Å². The predicted octanol–water partition coefficient (Wildman–Crippen LogP) is 1.69. The van der Waals surface area contributed by atoms with Gasteiger partial charge in [0.25, 0.3) is 0 Å². The Morgan fingerprint density at radius 2 is 1.39 bits per heavy atom. The van der Waals surface area contributed by atoms with Crippen LogP contribution in [0.1, 0.15) is 46.0 Å². The van der Waals surface area contributed by atoms with E-state index in [1.165, 1.54) is 19.3 Å². The van der Waals surface area contributed by atoms with E-state index in [1.807, 2.05) is 0 Å². The van der Waals surface area contributed by atoms with E-state index in [2.05, 4.69) is 13.8 Å². The smallest absolute Gasteiger partial charge is 0.169 e. The Kier molecular flexibility index (Phi) is 4.64. The van der Waals surface area contributed by atoms with Gasteiger partial charge in [0.2, 0.25) is 0 Å². The van der Waals surface area contributed by atoms with Crippen molar-refractivity contribution >= 4 is 0 Å². The highest BCUT2D eigenvalue weighted by atomic mass is 16.8. The molecule has 2 aliphatic carbocycles. The van der Waals surface area contributed by atoms with Crippen molar-refractivity contribution in [1.82, 2.24) is 0 Å². The van der Waals surface area contributed by atoms with Gasteiger partial charge in [-0.05, 0) is 31.1 Å². The van der Waals surface area contributed by atoms with Gasteiger partial charge in [-0.3, -0.25) is 0 Å². The van der Waals surface area contributed by atoms with Crippen LogP contribution in [-0.4, -0.2) is 41.4 Å². The Balaban J connectivity index is 0.000000267. The Morgan fingerprint density at radius 3 is 1.78 bits per heavy atom. The third-order valence-electron chi connectivity index (χ3n) is 4.36. The van der Waals surface area contributed by atoms with Crippen molar-refractivity contribution < 1.29 is 19.7 Å². The largest absolute Gasteiger partial charge is 0.394 e. The third-order valence-corrected chi connectivity index (χ3v) is 4.36. The summed E-state index contributed by atoms with van der Waals surface area (Å²) in [5, 5.41) is 15.2. The van der Waals surface area contributed by atoms with Gasteiger partial charge in [0.15, 0.2) is 5.79 Å². The fourth-order valence-electron chi connectivity index (χ4n) is 3.54. The SMILES string of the molecule is CC1CC(C)[C@@H]2OC3(CCCC3)O[C@H]12.OCCO. The molecule has 1 spiro atoms. The van der Waals surface area contributed by atoms with Gasteiger partial charge in [-0.25, -0.2) is 0 Å². The van der Waals surface area contributed by atoms with Gasteiger partial charge >= 0.3 is 0 Å². The fourth-order valence-corrected chi connectivity index (χ4v) is 3.54. The molecule has 0 amide bonds. The van der Waals surface area contributed by atoms with E-state index in [4.69, 9.17) is 19.7 Å². The number of hydrogen-bond acceptors (Lipinski definition) is 4. The second-order valence-electron chi connectivity index (χ2n) is 5.92. The van der Waals surface area contributed by atoms with Crippen LogP contribution in [0.2, 0.25) is 0 Å². The van der Waals surface area contributed by atoms with Crippen LogP contribution >= 0.6 is 0 Å². The summed E-state index contributed by atoms with van der Waals surface area (Å²) in [5.74, 6) is 1.23. The Morgan fingerprint density at radius 1 is 0.944 bits per heavy atom. The number of aliphatic hydroxyl groups excluding tert-OH is 2. The van der Waals surface area contributed by atoms with Crippen LogP contribution < -0.4 is 0 Å². The van der Waals surface area contributed by atoms with E-state index in [0.717, 1.165) is 12.8 Å². The lowest BCUT2D eigenvalue weighted by Crippen LogP contribution is -2.28. The lowest BCUT2D eigenvalue weighted by molar-refractivity contribution is -0.181. The van der Waals surface area contributed by atoms with E-state index in [-0.39, 0.29) is 19.0 Å². The van der Waals surface area contributed by atoms with Crippen molar-refractivity contribution in [3.8, 4) is 0 Å². The Bertz CT molecular complexity index is 243. The number of fused-ring (bicyclic) bond motifs is 1. The first-order chi connectivity index (χ1) is 8.62. The summed E-state index contributed by atoms with van der Waals surface area (Å²) >= 11 is 0. The number of ether oxygens (including phenoxy) is 2. The van der Waals surface area contributed by atoms with Gasteiger partial charge in [0.05, 0.1) is 25.4 Å². The lowest BCUT2D eigenvalue weighted by Gasteiger charge is -2.25. The zero-order valence-corrected chi connectivity index (χ0v) is 11.5. The van der Waals surface area contributed by atoms with Gasteiger partial charge < -0.3 is 19.7 Å². The van der Waals surface area contributed by atoms with Crippen LogP contribution in [0.15, 0.2) is 0 Å². The van der Waals surface area contributed by atoms with Crippen LogP contribution in [0, 0.1) is 11.8 Å². The standard InChI is InChI=1S/C12H20O2.C2H6O2/c1-8-7-9(2)11-10(8)13-12(14-11)5-3-4-6-12;3-1-2-4/h8-11H,3-7H2,1-2H3;3-4H,1-2H2/t8?,9?,10-,11+;. The summed E-state index contributed by atoms with van der Waals surface area (Å²) in [6.07, 6.45) is 6.86. The first-order valence-corrected chi connectivity index (χ1v) is 7.19. The molecule has 2 N–H and O–H groups in total. The molecule has 1 heterocycles. The summed E-state index contributed by atoms with van der Waals surface area (Å²) in [6, 6.07) is 0. The molecule has 0 radical (unpaired) electrons. The average molecular weight is 258 g/mol. The van der Waals surface area contributed by atoms with Gasteiger partial charge in [-0.2, -0.15) is 0 Å². The molecule has 3 rings (SSSR count). The molecule has 0 aromatic rings. The van der Waals surface area contributed by atoms with Gasteiger partial charge in [0, 0.05) is 12.8 Å². The zero-order chi connectivity index (χ0) is 13.2. The molecule has 0 aromatic heterocycles. The van der Waals surface area contributed by atoms with E-state index in [0.29, 0.717) is 24.0 Å². The third kappa shape index (κ3) is 2.72. The van der Waals surface area contributed by atoms with E-state index < -0.39 is 0 Å². The van der Waals surface area contributed by atoms with E-state index >= 15 is 0 Å². The molecule has 2 saturated carbocycles. The molecule has 4 heteroatoms. The highest BCUT2D eigenvalue weighted by Crippen LogP contribution is 2.49. The van der Waals surface area contributed by atoms with Crippen molar-refractivity contribution in [1.29, 1.82) is 0 Å². The maximum absolute atomic E-state index is 7.62. The molecule has 3 aliphatic rings. The molecule has 4 nitrogen and oxygen atoms in total. The van der Waals surface area contributed by atoms with Crippen LogP contribution in [0.4, 0.5) is 0 Å². The Labute approximate surface area is 109 Å². The van der Waals surface area contributed by atoms with E-state index in [1.54, 1.807) is 0 Å². The lowest BCUT2D eigenvalue weighted by atomic mass is 10.1. The topological polar surface area (TPSA) is 58.9 Å². The molecular weight excluding hydrogens is 232 g/mol. The van der Waals surface area contributed by atoms with Crippen molar-refractivity contribution in [2.24, 2.45) is 11.8 Å². The second kappa shape index (κ2) is 5.87. The van der Waals surface area contributed by atoms with Crippen molar-refractivity contribution in [3.63, 3.8) is 0 Å². The quantitative estimate of drug-likeness (QED) is 0.751. The minimum absolute atomic E-state index is 0.125. The molecule has 0 aromatic carbocycles. The minimum atomic E-state index is -0.154. The molecule has 1 saturated heterocycles. The van der Waals surface area contributed by atoms with Gasteiger partial charge in [0.1, 0.15) is 0 Å². The van der Waals surface area contributed by atoms with Crippen molar-refractivity contribution in [2.75, 3.05) is 13.2 Å². The summed E-state index contributed by atoms with van der Waals surface area (Å²) in [7, 11) is 0. The summed E-state index contributed by atoms with van der Waals surface area (Å²) in [5.41, 5.74) is 0. The predicted molar refractivity (Wildman–Crippen MR) is 68.1 cm³/mol. The normalized spacial score (nSPS) is 40.7. The first-order valence-electron chi connectivity index (χ1n) is 7.19. The average Bonchev–Trinajstić information content (AvgIpc) is 3.03. The molecule has 4 atom stereocenters. The molecule has 3 fully saturated rings. The molecule has 2 unspecified atom stereocenters. The zero-order valence-electron chi connectivity index (χ0n) is 11.5. The molecule has 0 bridgehead atoms. The van der Waals surface area contributed by atoms with Gasteiger partial charge in [-0.1, -0.05) is 13.8 Å². The summed E-state index contributed by atoms with van der Waals surface area (Å²) in [6.45, 7) is 4.36. The molecule has 18 heavy (non-hydrogen) atoms. The number of aliphatic hydroxyl groups is 2. The molecule has 1 aliphatic heterocycles. The monoisotopic (exact) mass is 258 g/mol. The molecular formula is C14H26O4. The number of hydrogen-bond donors (Lipinski definition) is 2. The fraction of sp³-hybridized carbons (Fsp3) is 1.00. The van der Waals surface area contributed by atoms with Crippen LogP contribution in [-0.2, 0) is 9.47 Å². The summed E-state index contributed by atoms with van der Waals surface area (Å²) < 4.78 is 12.4. The van der Waals surface area contributed by atoms with Crippen LogP contribution in [0.5, 0.6) is 0 Å². The maximum Gasteiger partial charge on any atom is 0.169 e. The molecule has 106 valence electrons. The maximum atomic E-state index is 7.62. The van der Waals surface area contributed by atoms with Crippen LogP contribution in [0.25, 0.3) is 0 Å². The van der Waals surface area contributed by atoms with Crippen molar-refractivity contribution in [2.45, 2.75) is 63.9 Å². The Hall–Kier alpha value is -0.160. The highest BCUT2D eigenvalue weighted by Gasteiger charge is 2.55. The van der Waals surface area contributed by atoms with Crippen LogP contribution in [0.3, 0.4) is 0 Å². The minimum Gasteiger partial charge on any atom is -0.394 e. The number of rotatable bonds is 1. The van der Waals surface area contributed by atoms with Crippen molar-refractivity contribution in [3.05, 3.63) is 0 Å². The second-order valence-corrected chi connectivity index (χ2v) is 5.92. The highest BCUT2D eigenvalue weighted by molar-refractivity contribution is 4.98. The summed E-state index contributed by atoms with van der Waals surface area (Å²) in [4.78, 5) is 0. The first kappa shape index (κ1) is 14.3. The van der Waals surface area contributed by atoms with E-state index in [9.17, 15) is 0 Å².